The second-order valence-electron chi connectivity index (χ2n) is 7.58. The molecule has 0 radical (unpaired) electrons. The van der Waals surface area contributed by atoms with E-state index in [0.717, 1.165) is 24.2 Å². The van der Waals surface area contributed by atoms with E-state index in [1.165, 1.54) is 5.56 Å². The fourth-order valence-corrected chi connectivity index (χ4v) is 4.46. The molecule has 3 atom stereocenters. The number of piperidine rings is 1. The number of aryl methyl sites for hydroxylation is 1. The van der Waals surface area contributed by atoms with Crippen molar-refractivity contribution < 1.29 is 14.3 Å². The van der Waals surface area contributed by atoms with Crippen LogP contribution < -0.4 is 10.5 Å². The molecule has 0 aliphatic carbocycles. The molecule has 0 aromatic heterocycles. The monoisotopic (exact) mass is 364 g/mol. The largest absolute Gasteiger partial charge is 0.468 e. The summed E-state index contributed by atoms with van der Waals surface area (Å²) >= 11 is 0. The van der Waals surface area contributed by atoms with Crippen LogP contribution >= 0.6 is 0 Å². The molecule has 1 saturated heterocycles. The van der Waals surface area contributed by atoms with Crippen molar-refractivity contribution in [3.63, 3.8) is 0 Å². The van der Waals surface area contributed by atoms with Crippen molar-refractivity contribution in [1.29, 1.82) is 0 Å². The van der Waals surface area contributed by atoms with Crippen molar-refractivity contribution in [3.05, 3.63) is 65.7 Å². The van der Waals surface area contributed by atoms with Crippen LogP contribution in [-0.2, 0) is 16.0 Å². The number of ether oxygens (including phenoxy) is 1. The minimum absolute atomic E-state index is 0.219. The first-order valence-electron chi connectivity index (χ1n) is 9.42. The number of carbonyl (C=O) groups is 2. The summed E-state index contributed by atoms with van der Waals surface area (Å²) in [5.74, 6) is -1.10. The van der Waals surface area contributed by atoms with Crippen molar-refractivity contribution in [2.75, 3.05) is 6.54 Å². The number of likely N-dealkylation sites (tertiary alicyclic amines) is 1. The number of benzene rings is 2. The average molecular weight is 364 g/mol. The quantitative estimate of drug-likeness (QED) is 0.829. The lowest BCUT2D eigenvalue weighted by atomic mass is 9.73. The van der Waals surface area contributed by atoms with Gasteiger partial charge in [0, 0.05) is 18.9 Å². The van der Waals surface area contributed by atoms with E-state index in [0.29, 0.717) is 13.0 Å². The van der Waals surface area contributed by atoms with Gasteiger partial charge in [-0.15, -0.1) is 0 Å². The minimum Gasteiger partial charge on any atom is -0.468 e. The third-order valence-corrected chi connectivity index (χ3v) is 5.75. The van der Waals surface area contributed by atoms with Crippen LogP contribution in [0.1, 0.15) is 36.8 Å². The number of para-hydroxylation sites is 1. The lowest BCUT2D eigenvalue weighted by molar-refractivity contribution is -0.175. The second-order valence-corrected chi connectivity index (χ2v) is 7.58. The number of carbonyl (C=O) groups excluding carboxylic acids is 2. The van der Waals surface area contributed by atoms with Gasteiger partial charge in [-0.1, -0.05) is 48.5 Å². The Labute approximate surface area is 159 Å². The zero-order valence-electron chi connectivity index (χ0n) is 15.4. The molecule has 2 amide bonds. The van der Waals surface area contributed by atoms with E-state index in [2.05, 4.69) is 12.1 Å². The average Bonchev–Trinajstić information content (AvgIpc) is 2.65. The van der Waals surface area contributed by atoms with Crippen molar-refractivity contribution >= 4 is 11.8 Å². The zero-order valence-corrected chi connectivity index (χ0v) is 15.4. The number of rotatable bonds is 5. The van der Waals surface area contributed by atoms with E-state index >= 15 is 0 Å². The minimum atomic E-state index is -0.833. The Bertz CT molecular complexity index is 867. The van der Waals surface area contributed by atoms with Crippen LogP contribution in [-0.4, -0.2) is 29.0 Å². The van der Waals surface area contributed by atoms with Gasteiger partial charge in [0.25, 0.3) is 0 Å². The SMILES string of the molecule is C[C@@]12C[C@@H](c3ccccc3O1)[C@@H](C(N)=O)C(=O)N2CCCc1ccccc1. The Morgan fingerprint density at radius 3 is 2.63 bits per heavy atom. The lowest BCUT2D eigenvalue weighted by Crippen LogP contribution is -2.64. The van der Waals surface area contributed by atoms with Gasteiger partial charge < -0.3 is 15.4 Å². The van der Waals surface area contributed by atoms with Gasteiger partial charge in [-0.25, -0.2) is 0 Å². The molecule has 4 rings (SSSR count). The molecular formula is C22H24N2O3. The van der Waals surface area contributed by atoms with Gasteiger partial charge in [-0.05, 0) is 37.0 Å². The summed E-state index contributed by atoms with van der Waals surface area (Å²) in [6.45, 7) is 2.47. The van der Waals surface area contributed by atoms with Crippen LogP contribution in [0, 0.1) is 5.92 Å². The van der Waals surface area contributed by atoms with E-state index in [1.54, 1.807) is 4.90 Å². The molecule has 27 heavy (non-hydrogen) atoms. The maximum absolute atomic E-state index is 13.2. The Balaban J connectivity index is 1.60. The third-order valence-electron chi connectivity index (χ3n) is 5.75. The third kappa shape index (κ3) is 3.07. The number of primary amides is 1. The zero-order chi connectivity index (χ0) is 19.0. The molecule has 2 aromatic carbocycles. The predicted molar refractivity (Wildman–Crippen MR) is 102 cm³/mol. The van der Waals surface area contributed by atoms with Crippen molar-refractivity contribution in [2.24, 2.45) is 11.7 Å². The van der Waals surface area contributed by atoms with E-state index in [9.17, 15) is 9.59 Å². The first-order chi connectivity index (χ1) is 13.0. The van der Waals surface area contributed by atoms with E-state index in [1.807, 2.05) is 49.4 Å². The van der Waals surface area contributed by atoms with Crippen LogP contribution in [0.2, 0.25) is 0 Å². The molecule has 5 nitrogen and oxygen atoms in total. The molecule has 1 fully saturated rings. The van der Waals surface area contributed by atoms with Crippen LogP contribution in [0.5, 0.6) is 5.75 Å². The molecule has 2 aliphatic heterocycles. The van der Waals surface area contributed by atoms with Gasteiger partial charge in [0.1, 0.15) is 11.7 Å². The molecule has 2 aromatic rings. The van der Waals surface area contributed by atoms with E-state index in [-0.39, 0.29) is 11.8 Å². The summed E-state index contributed by atoms with van der Waals surface area (Å²) in [6.07, 6.45) is 2.24. The predicted octanol–water partition coefficient (Wildman–Crippen LogP) is 2.85. The smallest absolute Gasteiger partial charge is 0.238 e. The van der Waals surface area contributed by atoms with Crippen LogP contribution in [0.25, 0.3) is 0 Å². The normalized spacial score (nSPS) is 26.3. The maximum atomic E-state index is 13.2. The fourth-order valence-electron chi connectivity index (χ4n) is 4.46. The van der Waals surface area contributed by atoms with Crippen molar-refractivity contribution in [2.45, 2.75) is 37.8 Å². The van der Waals surface area contributed by atoms with Gasteiger partial charge in [0.15, 0.2) is 5.72 Å². The number of hydrogen-bond acceptors (Lipinski definition) is 3. The standard InChI is InChI=1S/C22H24N2O3/c1-22-14-17(16-11-5-6-12-18(16)27-22)19(20(23)25)21(26)24(22)13-7-10-15-8-3-2-4-9-15/h2-6,8-9,11-12,17,19H,7,10,13-14H2,1H3,(H2,23,25)/t17-,19-,22-/m0/s1. The highest BCUT2D eigenvalue weighted by atomic mass is 16.5. The molecule has 140 valence electrons. The highest BCUT2D eigenvalue weighted by molar-refractivity contribution is 6.01. The summed E-state index contributed by atoms with van der Waals surface area (Å²) in [5, 5.41) is 0. The number of fused-ring (bicyclic) bond motifs is 4. The highest BCUT2D eigenvalue weighted by Crippen LogP contribution is 2.49. The van der Waals surface area contributed by atoms with Gasteiger partial charge in [-0.2, -0.15) is 0 Å². The molecule has 2 aliphatic rings. The van der Waals surface area contributed by atoms with E-state index in [4.69, 9.17) is 10.5 Å². The molecule has 0 saturated carbocycles. The molecule has 2 N–H and O–H groups in total. The van der Waals surface area contributed by atoms with Gasteiger partial charge in [-0.3, -0.25) is 9.59 Å². The number of amides is 2. The van der Waals surface area contributed by atoms with Gasteiger partial charge >= 0.3 is 0 Å². The maximum Gasteiger partial charge on any atom is 0.238 e. The fraction of sp³-hybridized carbons (Fsp3) is 0.364. The Morgan fingerprint density at radius 1 is 1.19 bits per heavy atom. The van der Waals surface area contributed by atoms with Crippen LogP contribution in [0.3, 0.4) is 0 Å². The van der Waals surface area contributed by atoms with Crippen molar-refractivity contribution in [3.8, 4) is 5.75 Å². The molecule has 0 unspecified atom stereocenters. The number of hydrogen-bond donors (Lipinski definition) is 1. The van der Waals surface area contributed by atoms with Gasteiger partial charge in [0.2, 0.25) is 11.8 Å². The van der Waals surface area contributed by atoms with Crippen LogP contribution in [0.4, 0.5) is 0 Å². The lowest BCUT2D eigenvalue weighted by Gasteiger charge is -2.52. The first-order valence-corrected chi connectivity index (χ1v) is 9.42. The molecular weight excluding hydrogens is 340 g/mol. The summed E-state index contributed by atoms with van der Waals surface area (Å²) in [6, 6.07) is 17.8. The summed E-state index contributed by atoms with van der Waals surface area (Å²) in [5.41, 5.74) is 7.02. The molecule has 0 spiro atoms. The first kappa shape index (κ1) is 17.6. The second kappa shape index (κ2) is 6.72. The number of nitrogens with zero attached hydrogens (tertiary/aromatic N) is 1. The van der Waals surface area contributed by atoms with Gasteiger partial charge in [0.05, 0.1) is 0 Å². The van der Waals surface area contributed by atoms with Crippen LogP contribution in [0.15, 0.2) is 54.6 Å². The summed E-state index contributed by atoms with van der Waals surface area (Å²) < 4.78 is 6.26. The van der Waals surface area contributed by atoms with E-state index < -0.39 is 17.6 Å². The summed E-state index contributed by atoms with van der Waals surface area (Å²) in [4.78, 5) is 27.1. The highest BCUT2D eigenvalue weighted by Gasteiger charge is 2.55. The molecule has 2 bridgehead atoms. The Morgan fingerprint density at radius 2 is 1.89 bits per heavy atom. The number of nitrogens with two attached hydrogens (primary N) is 1. The topological polar surface area (TPSA) is 72.6 Å². The summed E-state index contributed by atoms with van der Waals surface area (Å²) in [7, 11) is 0. The Kier molecular flexibility index (Phi) is 4.38. The van der Waals surface area contributed by atoms with Crippen molar-refractivity contribution in [1.82, 2.24) is 4.90 Å². The Hall–Kier alpha value is -2.82. The molecule has 5 heteroatoms. The molecule has 2 heterocycles.